The Bertz CT molecular complexity index is 1190. The second-order valence-electron chi connectivity index (χ2n) is 9.36. The zero-order chi connectivity index (χ0) is 27.8. The van der Waals surface area contributed by atoms with Crippen LogP contribution < -0.4 is 0 Å². The van der Waals surface area contributed by atoms with Gasteiger partial charge < -0.3 is 14.9 Å². The number of unbranched alkanes of at least 4 members (excludes halogenated alkanes) is 2. The first kappa shape index (κ1) is 29.6. The van der Waals surface area contributed by atoms with Gasteiger partial charge in [0, 0.05) is 34.3 Å². The number of rotatable bonds is 13. The maximum Gasteiger partial charge on any atom is 0.295 e. The van der Waals surface area contributed by atoms with Crippen LogP contribution >= 0.6 is 23.2 Å². The molecule has 1 aliphatic rings. The smallest absolute Gasteiger partial charge is 0.295 e. The Morgan fingerprint density at radius 2 is 1.61 bits per heavy atom. The number of amides is 1. The lowest BCUT2D eigenvalue weighted by Crippen LogP contribution is -2.34. The van der Waals surface area contributed by atoms with Crippen LogP contribution in [0.25, 0.3) is 5.76 Å². The van der Waals surface area contributed by atoms with Crippen molar-refractivity contribution in [2.45, 2.75) is 52.0 Å². The van der Waals surface area contributed by atoms with Gasteiger partial charge in [-0.3, -0.25) is 19.7 Å². The van der Waals surface area contributed by atoms with Crippen LogP contribution in [-0.2, 0) is 9.59 Å². The minimum absolute atomic E-state index is 0.109. The van der Waals surface area contributed by atoms with Crippen molar-refractivity contribution in [2.24, 2.45) is 0 Å². The summed E-state index contributed by atoms with van der Waals surface area (Å²) >= 11 is 12.6. The molecule has 1 fully saturated rings. The molecule has 2 aromatic carbocycles. The number of benzene rings is 2. The number of hydrogen-bond acceptors (Lipinski definition) is 6. The monoisotopic (exact) mass is 561 g/mol. The standard InChI is InChI=1S/C28H33Cl2N3O5/c1-3-5-14-31(15-6-4-2)16-7-17-32-25(22-13-10-20(29)18-23(22)30)24(27(35)28(32)36)26(34)19-8-11-21(12-9-19)33(37)38/h8-13,18,25,34H,3-7,14-17H2,1-2H3/b26-24-. The van der Waals surface area contributed by atoms with Crippen LogP contribution in [0.4, 0.5) is 5.69 Å². The second kappa shape index (κ2) is 13.7. The second-order valence-corrected chi connectivity index (χ2v) is 10.2. The SMILES string of the molecule is CCCCN(CCCC)CCCN1C(=O)C(=O)/C(=C(\O)c2ccc([N+](=O)[O-])cc2)C1c1ccc(Cl)cc1Cl. The van der Waals surface area contributed by atoms with Gasteiger partial charge in [0.25, 0.3) is 17.4 Å². The van der Waals surface area contributed by atoms with E-state index in [0.29, 0.717) is 23.6 Å². The maximum absolute atomic E-state index is 13.3. The lowest BCUT2D eigenvalue weighted by molar-refractivity contribution is -0.384. The van der Waals surface area contributed by atoms with Crippen LogP contribution in [0.2, 0.25) is 10.0 Å². The average molecular weight is 562 g/mol. The van der Waals surface area contributed by atoms with Crippen LogP contribution in [0.15, 0.2) is 48.0 Å². The van der Waals surface area contributed by atoms with Crippen LogP contribution in [0, 0.1) is 10.1 Å². The summed E-state index contributed by atoms with van der Waals surface area (Å²) in [6.07, 6.45) is 5.00. The molecule has 2 aromatic rings. The largest absolute Gasteiger partial charge is 0.507 e. The Morgan fingerprint density at radius 3 is 2.16 bits per heavy atom. The number of carbonyl (C=O) groups is 2. The summed E-state index contributed by atoms with van der Waals surface area (Å²) in [6, 6.07) is 9.03. The molecule has 1 aliphatic heterocycles. The third-order valence-electron chi connectivity index (χ3n) is 6.68. The minimum Gasteiger partial charge on any atom is -0.507 e. The molecule has 0 bridgehead atoms. The predicted octanol–water partition coefficient (Wildman–Crippen LogP) is 6.62. The van der Waals surface area contributed by atoms with Crippen molar-refractivity contribution in [2.75, 3.05) is 26.2 Å². The molecular weight excluding hydrogens is 529 g/mol. The van der Waals surface area contributed by atoms with E-state index in [1.165, 1.54) is 35.2 Å². The Morgan fingerprint density at radius 1 is 1.00 bits per heavy atom. The summed E-state index contributed by atoms with van der Waals surface area (Å²) in [5.41, 5.74) is 0.387. The van der Waals surface area contributed by atoms with E-state index in [1.807, 2.05) is 0 Å². The quantitative estimate of drug-likeness (QED) is 0.0968. The predicted molar refractivity (Wildman–Crippen MR) is 149 cm³/mol. The molecule has 1 heterocycles. The first-order valence-electron chi connectivity index (χ1n) is 12.9. The number of nitrogens with zero attached hydrogens (tertiary/aromatic N) is 3. The average Bonchev–Trinajstić information content (AvgIpc) is 3.14. The summed E-state index contributed by atoms with van der Waals surface area (Å²) < 4.78 is 0. The van der Waals surface area contributed by atoms with Crippen molar-refractivity contribution in [1.82, 2.24) is 9.80 Å². The number of Topliss-reactive ketones (excluding diaryl/α,β-unsaturated/α-hetero) is 1. The van der Waals surface area contributed by atoms with E-state index in [2.05, 4.69) is 18.7 Å². The molecule has 0 radical (unpaired) electrons. The fourth-order valence-electron chi connectivity index (χ4n) is 4.62. The molecule has 10 heteroatoms. The topological polar surface area (TPSA) is 104 Å². The molecule has 8 nitrogen and oxygen atoms in total. The van der Waals surface area contributed by atoms with Gasteiger partial charge in [-0.1, -0.05) is 56.0 Å². The van der Waals surface area contributed by atoms with Crippen molar-refractivity contribution < 1.29 is 19.6 Å². The molecule has 1 N–H and O–H groups in total. The molecule has 1 unspecified atom stereocenters. The van der Waals surface area contributed by atoms with Gasteiger partial charge in [-0.25, -0.2) is 0 Å². The number of halogens is 2. The summed E-state index contributed by atoms with van der Waals surface area (Å²) in [7, 11) is 0. The third-order valence-corrected chi connectivity index (χ3v) is 7.24. The van der Waals surface area contributed by atoms with Crippen molar-refractivity contribution in [3.8, 4) is 0 Å². The minimum atomic E-state index is -0.922. The lowest BCUT2D eigenvalue weighted by atomic mass is 9.95. The molecule has 1 atom stereocenters. The Kier molecular flexibility index (Phi) is 10.7. The number of hydrogen-bond donors (Lipinski definition) is 1. The van der Waals surface area contributed by atoms with Crippen LogP contribution in [0.5, 0.6) is 0 Å². The van der Waals surface area contributed by atoms with Gasteiger partial charge in [-0.2, -0.15) is 0 Å². The summed E-state index contributed by atoms with van der Waals surface area (Å²) in [4.78, 5) is 40.8. The fourth-order valence-corrected chi connectivity index (χ4v) is 5.13. The van der Waals surface area contributed by atoms with E-state index >= 15 is 0 Å². The molecule has 0 saturated carbocycles. The number of likely N-dealkylation sites (tertiary alicyclic amines) is 1. The highest BCUT2D eigenvalue weighted by Crippen LogP contribution is 2.42. The van der Waals surface area contributed by atoms with Crippen LogP contribution in [-0.4, -0.2) is 57.7 Å². The molecule has 3 rings (SSSR count). The first-order chi connectivity index (χ1) is 18.2. The molecule has 0 spiro atoms. The maximum atomic E-state index is 13.3. The Hall–Kier alpha value is -2.94. The van der Waals surface area contributed by atoms with E-state index in [-0.39, 0.29) is 21.8 Å². The van der Waals surface area contributed by atoms with E-state index in [1.54, 1.807) is 12.1 Å². The van der Waals surface area contributed by atoms with Gasteiger partial charge in [-0.05, 0) is 68.7 Å². The van der Waals surface area contributed by atoms with Gasteiger partial charge in [0.05, 0.1) is 16.5 Å². The number of carbonyl (C=O) groups excluding carboxylic acids is 2. The van der Waals surface area contributed by atoms with Gasteiger partial charge in [0.2, 0.25) is 0 Å². The number of aliphatic hydroxyl groups excluding tert-OH is 1. The number of nitro benzene ring substituents is 1. The molecule has 0 aliphatic carbocycles. The number of aliphatic hydroxyl groups is 1. The molecule has 204 valence electrons. The van der Waals surface area contributed by atoms with Gasteiger partial charge in [-0.15, -0.1) is 0 Å². The molecule has 0 aromatic heterocycles. The lowest BCUT2D eigenvalue weighted by Gasteiger charge is -2.28. The van der Waals surface area contributed by atoms with Crippen molar-refractivity contribution >= 4 is 46.3 Å². The number of ketones is 1. The van der Waals surface area contributed by atoms with Crippen molar-refractivity contribution in [1.29, 1.82) is 0 Å². The highest BCUT2D eigenvalue weighted by Gasteiger charge is 2.46. The Labute approximate surface area is 233 Å². The zero-order valence-corrected chi connectivity index (χ0v) is 23.2. The summed E-state index contributed by atoms with van der Waals surface area (Å²) in [5, 5.41) is 22.9. The van der Waals surface area contributed by atoms with Crippen LogP contribution in [0.1, 0.15) is 63.1 Å². The zero-order valence-electron chi connectivity index (χ0n) is 21.7. The van der Waals surface area contributed by atoms with E-state index in [4.69, 9.17) is 23.2 Å². The highest BCUT2D eigenvalue weighted by molar-refractivity contribution is 6.47. The normalized spacial score (nSPS) is 17.0. The highest BCUT2D eigenvalue weighted by atomic mass is 35.5. The van der Waals surface area contributed by atoms with Crippen molar-refractivity contribution in [3.05, 3.63) is 79.3 Å². The molecular formula is C28H33Cl2N3O5. The van der Waals surface area contributed by atoms with E-state index in [9.17, 15) is 24.8 Å². The number of nitro groups is 1. The van der Waals surface area contributed by atoms with E-state index < -0.39 is 28.4 Å². The fraction of sp³-hybridized carbons (Fsp3) is 0.429. The van der Waals surface area contributed by atoms with E-state index in [0.717, 1.165) is 45.3 Å². The van der Waals surface area contributed by atoms with Gasteiger partial charge >= 0.3 is 0 Å². The van der Waals surface area contributed by atoms with Crippen molar-refractivity contribution in [3.63, 3.8) is 0 Å². The van der Waals surface area contributed by atoms with Crippen LogP contribution in [0.3, 0.4) is 0 Å². The van der Waals surface area contributed by atoms with Gasteiger partial charge in [0.1, 0.15) is 5.76 Å². The number of non-ortho nitro benzene ring substituents is 1. The molecule has 1 saturated heterocycles. The Balaban J connectivity index is 1.97. The molecule has 1 amide bonds. The summed E-state index contributed by atoms with van der Waals surface area (Å²) in [5.74, 6) is -1.96. The third kappa shape index (κ3) is 6.92. The van der Waals surface area contributed by atoms with Gasteiger partial charge in [0.15, 0.2) is 0 Å². The summed E-state index contributed by atoms with van der Waals surface area (Å²) in [6.45, 7) is 7.31. The first-order valence-corrected chi connectivity index (χ1v) is 13.7. The molecule has 38 heavy (non-hydrogen) atoms.